The second-order valence-electron chi connectivity index (χ2n) is 7.29. The van der Waals surface area contributed by atoms with Crippen LogP contribution in [0.1, 0.15) is 45.1 Å². The van der Waals surface area contributed by atoms with Crippen molar-refractivity contribution in [3.8, 4) is 28.3 Å². The predicted octanol–water partition coefficient (Wildman–Crippen LogP) is 6.67. The van der Waals surface area contributed by atoms with Gasteiger partial charge in [-0.1, -0.05) is 63.1 Å². The Hall–Kier alpha value is -2.75. The summed E-state index contributed by atoms with van der Waals surface area (Å²) in [5.74, 6) is 1.39. The van der Waals surface area contributed by atoms with Crippen molar-refractivity contribution < 1.29 is 9.13 Å². The lowest BCUT2D eigenvalue weighted by Gasteiger charge is -2.09. The topological polar surface area (TPSA) is 35.0 Å². The number of hydrogen-bond acceptors (Lipinski definition) is 3. The number of nitrogens with zero attached hydrogens (tertiary/aromatic N) is 2. The van der Waals surface area contributed by atoms with Gasteiger partial charge >= 0.3 is 0 Å². The van der Waals surface area contributed by atoms with Gasteiger partial charge in [-0.2, -0.15) is 0 Å². The van der Waals surface area contributed by atoms with E-state index in [9.17, 15) is 4.39 Å². The molecule has 0 saturated heterocycles. The second kappa shape index (κ2) is 10.7. The van der Waals surface area contributed by atoms with Crippen LogP contribution in [-0.2, 0) is 6.42 Å². The molecule has 29 heavy (non-hydrogen) atoms. The molecule has 3 aromatic rings. The lowest BCUT2D eigenvalue weighted by Crippen LogP contribution is -2.11. The largest absolute Gasteiger partial charge is 0.491 e. The fourth-order valence-electron chi connectivity index (χ4n) is 3.07. The van der Waals surface area contributed by atoms with Crippen molar-refractivity contribution >= 4 is 0 Å². The quantitative estimate of drug-likeness (QED) is 0.361. The summed E-state index contributed by atoms with van der Waals surface area (Å²) in [5, 5.41) is 0. The lowest BCUT2D eigenvalue weighted by atomic mass is 10.0. The van der Waals surface area contributed by atoms with E-state index in [-0.39, 0.29) is 6.61 Å². The number of hydrogen-bond donors (Lipinski definition) is 0. The minimum Gasteiger partial charge on any atom is -0.491 e. The molecular formula is C25H29FN2O. The van der Waals surface area contributed by atoms with Gasteiger partial charge in [0, 0.05) is 23.5 Å². The van der Waals surface area contributed by atoms with Crippen LogP contribution >= 0.6 is 0 Å². The Kier molecular flexibility index (Phi) is 7.74. The van der Waals surface area contributed by atoms with Gasteiger partial charge in [0.05, 0.1) is 0 Å². The maximum Gasteiger partial charge on any atom is 0.159 e. The summed E-state index contributed by atoms with van der Waals surface area (Å²) < 4.78 is 18.8. The SMILES string of the molecule is CCCCCc1ccc(-c2ncc(-c3ccc(OCC(F)CC)cc3)cn2)cc1. The number of benzene rings is 2. The van der Waals surface area contributed by atoms with Crippen LogP contribution < -0.4 is 4.74 Å². The summed E-state index contributed by atoms with van der Waals surface area (Å²) in [7, 11) is 0. The zero-order chi connectivity index (χ0) is 20.5. The van der Waals surface area contributed by atoms with Crippen LogP contribution in [-0.4, -0.2) is 22.7 Å². The third-order valence-corrected chi connectivity index (χ3v) is 4.99. The van der Waals surface area contributed by atoms with E-state index < -0.39 is 6.17 Å². The van der Waals surface area contributed by atoms with Crippen LogP contribution in [0.5, 0.6) is 5.75 Å². The lowest BCUT2D eigenvalue weighted by molar-refractivity contribution is 0.192. The molecular weight excluding hydrogens is 363 g/mol. The van der Waals surface area contributed by atoms with E-state index in [1.165, 1.54) is 24.8 Å². The molecule has 0 aliphatic carbocycles. The van der Waals surface area contributed by atoms with Crippen LogP contribution in [0.4, 0.5) is 4.39 Å². The second-order valence-corrected chi connectivity index (χ2v) is 7.29. The Bertz CT molecular complexity index is 861. The number of alkyl halides is 1. The zero-order valence-electron chi connectivity index (χ0n) is 17.3. The first-order valence-electron chi connectivity index (χ1n) is 10.5. The molecule has 1 unspecified atom stereocenters. The third-order valence-electron chi connectivity index (χ3n) is 4.99. The summed E-state index contributed by atoms with van der Waals surface area (Å²) in [6, 6.07) is 16.1. The fraction of sp³-hybridized carbons (Fsp3) is 0.360. The maximum absolute atomic E-state index is 13.3. The third kappa shape index (κ3) is 6.11. The normalized spacial score (nSPS) is 12.0. The van der Waals surface area contributed by atoms with Crippen LogP contribution in [0.2, 0.25) is 0 Å². The smallest absolute Gasteiger partial charge is 0.159 e. The number of aryl methyl sites for hydroxylation is 1. The maximum atomic E-state index is 13.3. The van der Waals surface area contributed by atoms with Crippen molar-refractivity contribution in [1.29, 1.82) is 0 Å². The molecule has 152 valence electrons. The summed E-state index contributed by atoms with van der Waals surface area (Å²) >= 11 is 0. The molecule has 3 nitrogen and oxygen atoms in total. The van der Waals surface area contributed by atoms with Gasteiger partial charge < -0.3 is 4.74 Å². The highest BCUT2D eigenvalue weighted by atomic mass is 19.1. The van der Waals surface area contributed by atoms with Crippen LogP contribution in [0, 0.1) is 0 Å². The van der Waals surface area contributed by atoms with Crippen molar-refractivity contribution in [1.82, 2.24) is 9.97 Å². The Morgan fingerprint density at radius 1 is 0.828 bits per heavy atom. The van der Waals surface area contributed by atoms with Gasteiger partial charge in [-0.05, 0) is 42.5 Å². The van der Waals surface area contributed by atoms with Crippen molar-refractivity contribution in [2.24, 2.45) is 0 Å². The molecule has 0 spiro atoms. The van der Waals surface area contributed by atoms with E-state index in [2.05, 4.69) is 41.2 Å². The summed E-state index contributed by atoms with van der Waals surface area (Å²) in [6.45, 7) is 4.12. The van der Waals surface area contributed by atoms with Crippen LogP contribution in [0.15, 0.2) is 60.9 Å². The number of rotatable bonds is 10. The molecule has 0 bridgehead atoms. The molecule has 1 atom stereocenters. The Balaban J connectivity index is 1.62. The summed E-state index contributed by atoms with van der Waals surface area (Å²) in [5.41, 5.74) is 4.33. The Morgan fingerprint density at radius 2 is 1.48 bits per heavy atom. The number of ether oxygens (including phenoxy) is 1. The van der Waals surface area contributed by atoms with Gasteiger partial charge in [0.15, 0.2) is 5.82 Å². The van der Waals surface area contributed by atoms with E-state index in [1.54, 1.807) is 0 Å². The molecule has 0 saturated carbocycles. The Labute approximate surface area is 173 Å². The van der Waals surface area contributed by atoms with Gasteiger partial charge in [-0.25, -0.2) is 14.4 Å². The molecule has 2 aromatic carbocycles. The molecule has 4 heteroatoms. The average molecular weight is 393 g/mol. The Morgan fingerprint density at radius 3 is 2.10 bits per heavy atom. The van der Waals surface area contributed by atoms with E-state index in [0.717, 1.165) is 28.9 Å². The first kappa shape index (κ1) is 21.0. The minimum atomic E-state index is -0.930. The molecule has 0 N–H and O–H groups in total. The molecule has 0 fully saturated rings. The average Bonchev–Trinajstić information content (AvgIpc) is 2.78. The van der Waals surface area contributed by atoms with Crippen molar-refractivity contribution in [2.45, 2.75) is 52.1 Å². The molecule has 0 aliphatic rings. The van der Waals surface area contributed by atoms with E-state index >= 15 is 0 Å². The van der Waals surface area contributed by atoms with Crippen molar-refractivity contribution in [2.75, 3.05) is 6.61 Å². The molecule has 1 heterocycles. The minimum absolute atomic E-state index is 0.0883. The number of halogens is 1. The fourth-order valence-corrected chi connectivity index (χ4v) is 3.07. The molecule has 3 rings (SSSR count). The van der Waals surface area contributed by atoms with Crippen molar-refractivity contribution in [3.05, 3.63) is 66.5 Å². The summed E-state index contributed by atoms with van der Waals surface area (Å²) in [6.07, 6.45) is 8.07. The standard InChI is InChI=1S/C25H29FN2O/c1-3-5-6-7-19-8-10-21(11-9-19)25-27-16-22(17-28-25)20-12-14-24(15-13-20)29-18-23(26)4-2/h8-17,23H,3-7,18H2,1-2H3. The van der Waals surface area contributed by atoms with Gasteiger partial charge in [-0.3, -0.25) is 0 Å². The molecule has 1 aromatic heterocycles. The first-order chi connectivity index (χ1) is 14.2. The van der Waals surface area contributed by atoms with Gasteiger partial charge in [0.1, 0.15) is 18.5 Å². The van der Waals surface area contributed by atoms with Gasteiger partial charge in [0.2, 0.25) is 0 Å². The number of aromatic nitrogens is 2. The van der Waals surface area contributed by atoms with Crippen LogP contribution in [0.25, 0.3) is 22.5 Å². The highest BCUT2D eigenvalue weighted by Crippen LogP contribution is 2.23. The zero-order valence-corrected chi connectivity index (χ0v) is 17.3. The van der Waals surface area contributed by atoms with Gasteiger partial charge in [-0.15, -0.1) is 0 Å². The van der Waals surface area contributed by atoms with Gasteiger partial charge in [0.25, 0.3) is 0 Å². The monoisotopic (exact) mass is 392 g/mol. The van der Waals surface area contributed by atoms with Crippen molar-refractivity contribution in [3.63, 3.8) is 0 Å². The summed E-state index contributed by atoms with van der Waals surface area (Å²) in [4.78, 5) is 9.06. The van der Waals surface area contributed by atoms with E-state index in [1.807, 2.05) is 43.6 Å². The highest BCUT2D eigenvalue weighted by Gasteiger charge is 2.06. The molecule has 0 radical (unpaired) electrons. The highest BCUT2D eigenvalue weighted by molar-refractivity contribution is 5.64. The van der Waals surface area contributed by atoms with E-state index in [4.69, 9.17) is 4.74 Å². The van der Waals surface area contributed by atoms with Crippen LogP contribution in [0.3, 0.4) is 0 Å². The predicted molar refractivity (Wildman–Crippen MR) is 117 cm³/mol. The molecule has 0 aliphatic heterocycles. The molecule has 0 amide bonds. The number of unbranched alkanes of at least 4 members (excludes halogenated alkanes) is 2. The van der Waals surface area contributed by atoms with E-state index in [0.29, 0.717) is 12.2 Å². The first-order valence-corrected chi connectivity index (χ1v) is 10.5.